The Balaban J connectivity index is 1.33. The molecule has 3 aromatic rings. The van der Waals surface area contributed by atoms with Crippen LogP contribution in [0.25, 0.3) is 10.9 Å². The number of rotatable bonds is 4. The number of fused-ring (bicyclic) bond motifs is 2. The minimum Gasteiger partial charge on any atom is -0.495 e. The van der Waals surface area contributed by atoms with Gasteiger partial charge in [0.1, 0.15) is 11.8 Å². The van der Waals surface area contributed by atoms with Crippen molar-refractivity contribution in [1.82, 2.24) is 15.2 Å². The molecule has 0 spiro atoms. The molecule has 1 saturated heterocycles. The molecular weight excluding hydrogens is 424 g/mol. The monoisotopic (exact) mass is 444 g/mol. The van der Waals surface area contributed by atoms with Crippen molar-refractivity contribution < 1.29 is 23.9 Å². The number of hydrogen-bond donors (Lipinski definition) is 2. The zero-order valence-corrected chi connectivity index (χ0v) is 17.8. The summed E-state index contributed by atoms with van der Waals surface area (Å²) in [6.45, 7) is 0.242. The van der Waals surface area contributed by atoms with Crippen LogP contribution in [0.4, 0.5) is 5.69 Å². The van der Waals surface area contributed by atoms with Crippen LogP contribution in [0.5, 0.6) is 5.75 Å². The minimum absolute atomic E-state index is 0.200. The van der Waals surface area contributed by atoms with E-state index in [1.807, 2.05) is 6.07 Å². The molecular formula is C24H20N4O5. The van der Waals surface area contributed by atoms with Gasteiger partial charge in [0, 0.05) is 35.2 Å². The van der Waals surface area contributed by atoms with Crippen LogP contribution < -0.4 is 15.4 Å². The van der Waals surface area contributed by atoms with Crippen molar-refractivity contribution in [2.45, 2.75) is 25.4 Å². The molecule has 1 unspecified atom stereocenters. The van der Waals surface area contributed by atoms with Gasteiger partial charge in [-0.05, 0) is 48.4 Å². The van der Waals surface area contributed by atoms with Gasteiger partial charge in [-0.2, -0.15) is 0 Å². The summed E-state index contributed by atoms with van der Waals surface area (Å²) in [6.07, 6.45) is 2.09. The number of nitrogens with zero attached hydrogens (tertiary/aromatic N) is 2. The zero-order chi connectivity index (χ0) is 23.1. The van der Waals surface area contributed by atoms with Crippen LogP contribution in [0, 0.1) is 0 Å². The van der Waals surface area contributed by atoms with E-state index < -0.39 is 11.9 Å². The summed E-state index contributed by atoms with van der Waals surface area (Å²) >= 11 is 0. The van der Waals surface area contributed by atoms with Gasteiger partial charge in [0.25, 0.3) is 11.8 Å². The average molecular weight is 444 g/mol. The van der Waals surface area contributed by atoms with E-state index in [0.29, 0.717) is 34.5 Å². The van der Waals surface area contributed by atoms with Crippen LogP contribution in [0.3, 0.4) is 0 Å². The maximum Gasteiger partial charge on any atom is 0.255 e. The fourth-order valence-corrected chi connectivity index (χ4v) is 4.21. The first-order valence-corrected chi connectivity index (χ1v) is 10.5. The quantitative estimate of drug-likeness (QED) is 0.596. The summed E-state index contributed by atoms with van der Waals surface area (Å²) in [7, 11) is 1.57. The molecule has 166 valence electrons. The Morgan fingerprint density at radius 2 is 2.00 bits per heavy atom. The van der Waals surface area contributed by atoms with E-state index >= 15 is 0 Å². The molecule has 4 amide bonds. The lowest BCUT2D eigenvalue weighted by atomic mass is 10.0. The van der Waals surface area contributed by atoms with Gasteiger partial charge in [0.15, 0.2) is 0 Å². The van der Waals surface area contributed by atoms with Crippen LogP contribution in [0.15, 0.2) is 48.7 Å². The number of carbonyl (C=O) groups is 4. The van der Waals surface area contributed by atoms with Crippen molar-refractivity contribution in [2.24, 2.45) is 0 Å². The molecule has 2 aromatic carbocycles. The highest BCUT2D eigenvalue weighted by molar-refractivity contribution is 6.08. The third-order valence-electron chi connectivity index (χ3n) is 5.94. The Morgan fingerprint density at radius 1 is 1.15 bits per heavy atom. The number of hydrogen-bond acceptors (Lipinski definition) is 6. The predicted octanol–water partition coefficient (Wildman–Crippen LogP) is 2.26. The second-order valence-electron chi connectivity index (χ2n) is 8.01. The largest absolute Gasteiger partial charge is 0.495 e. The summed E-state index contributed by atoms with van der Waals surface area (Å²) in [5.74, 6) is -0.704. The SMILES string of the molecule is COc1cnc2cc(C(=O)Nc3ccc4c(c3)CN(C3CCC(=O)NC3=O)C4=O)ccc2c1. The Morgan fingerprint density at radius 3 is 2.79 bits per heavy atom. The van der Waals surface area contributed by atoms with Crippen molar-refractivity contribution >= 4 is 40.2 Å². The first-order chi connectivity index (χ1) is 15.9. The maximum atomic E-state index is 12.8. The van der Waals surface area contributed by atoms with Crippen LogP contribution >= 0.6 is 0 Å². The van der Waals surface area contributed by atoms with E-state index in [4.69, 9.17) is 4.74 Å². The van der Waals surface area contributed by atoms with Gasteiger partial charge in [0.2, 0.25) is 11.8 Å². The van der Waals surface area contributed by atoms with Crippen LogP contribution in [-0.2, 0) is 16.1 Å². The number of imide groups is 1. The van der Waals surface area contributed by atoms with E-state index in [9.17, 15) is 19.2 Å². The lowest BCUT2D eigenvalue weighted by Crippen LogP contribution is -2.52. The second-order valence-corrected chi connectivity index (χ2v) is 8.01. The zero-order valence-electron chi connectivity index (χ0n) is 17.8. The molecule has 0 bridgehead atoms. The number of ether oxygens (including phenoxy) is 1. The highest BCUT2D eigenvalue weighted by Crippen LogP contribution is 2.29. The highest BCUT2D eigenvalue weighted by atomic mass is 16.5. The summed E-state index contributed by atoms with van der Waals surface area (Å²) in [5, 5.41) is 6.00. The molecule has 1 aromatic heterocycles. The smallest absolute Gasteiger partial charge is 0.255 e. The van der Waals surface area contributed by atoms with Gasteiger partial charge < -0.3 is 15.0 Å². The molecule has 2 aliphatic rings. The van der Waals surface area contributed by atoms with Gasteiger partial charge in [-0.1, -0.05) is 6.07 Å². The van der Waals surface area contributed by atoms with Crippen LogP contribution in [-0.4, -0.2) is 46.7 Å². The third-order valence-corrected chi connectivity index (χ3v) is 5.94. The lowest BCUT2D eigenvalue weighted by molar-refractivity contribution is -0.136. The van der Waals surface area contributed by atoms with Gasteiger partial charge in [-0.3, -0.25) is 29.5 Å². The van der Waals surface area contributed by atoms with Gasteiger partial charge >= 0.3 is 0 Å². The Bertz CT molecular complexity index is 1340. The molecule has 2 aliphatic heterocycles. The number of nitrogens with one attached hydrogen (secondary N) is 2. The standard InChI is InChI=1S/C24H20N4O5/c1-33-17-9-13-2-3-14(10-19(13)25-11-17)22(30)26-16-4-5-18-15(8-16)12-28(24(18)32)20-6-7-21(29)27-23(20)31/h2-5,8-11,20H,6-7,12H2,1H3,(H,26,30)(H,27,29,31). The van der Waals surface area contributed by atoms with E-state index in [2.05, 4.69) is 15.6 Å². The molecule has 2 N–H and O–H groups in total. The molecule has 3 heterocycles. The third kappa shape index (κ3) is 3.78. The summed E-state index contributed by atoms with van der Waals surface area (Å²) in [5.41, 5.74) is 2.86. The van der Waals surface area contributed by atoms with E-state index in [-0.39, 0.29) is 30.7 Å². The minimum atomic E-state index is -0.677. The number of carbonyl (C=O) groups excluding carboxylic acids is 4. The molecule has 9 heteroatoms. The maximum absolute atomic E-state index is 12.8. The molecule has 0 aliphatic carbocycles. The number of benzene rings is 2. The van der Waals surface area contributed by atoms with Crippen LogP contribution in [0.2, 0.25) is 0 Å². The van der Waals surface area contributed by atoms with E-state index in [1.54, 1.807) is 49.7 Å². The Kier molecular flexibility index (Phi) is 5.01. The van der Waals surface area contributed by atoms with Gasteiger partial charge in [-0.25, -0.2) is 0 Å². The van der Waals surface area contributed by atoms with Crippen molar-refractivity contribution in [3.05, 3.63) is 65.4 Å². The number of aromatic nitrogens is 1. The van der Waals surface area contributed by atoms with Crippen molar-refractivity contribution in [1.29, 1.82) is 0 Å². The Labute approximate surface area is 188 Å². The highest BCUT2D eigenvalue weighted by Gasteiger charge is 2.39. The average Bonchev–Trinajstić information content (AvgIpc) is 3.13. The molecule has 0 saturated carbocycles. The number of methoxy groups -OCH3 is 1. The predicted molar refractivity (Wildman–Crippen MR) is 119 cm³/mol. The molecule has 5 rings (SSSR count). The number of piperidine rings is 1. The van der Waals surface area contributed by atoms with Crippen molar-refractivity contribution in [2.75, 3.05) is 12.4 Å². The first kappa shape index (κ1) is 20.6. The molecule has 1 fully saturated rings. The number of amides is 4. The summed E-state index contributed by atoms with van der Waals surface area (Å²) in [4.78, 5) is 55.0. The molecule has 9 nitrogen and oxygen atoms in total. The molecule has 33 heavy (non-hydrogen) atoms. The van der Waals surface area contributed by atoms with Gasteiger partial charge in [-0.15, -0.1) is 0 Å². The molecule has 0 radical (unpaired) electrons. The van der Waals surface area contributed by atoms with Crippen molar-refractivity contribution in [3.8, 4) is 5.75 Å². The van der Waals surface area contributed by atoms with E-state index in [1.165, 1.54) is 4.90 Å². The van der Waals surface area contributed by atoms with Gasteiger partial charge in [0.05, 0.1) is 18.8 Å². The summed E-state index contributed by atoms with van der Waals surface area (Å²) < 4.78 is 5.17. The summed E-state index contributed by atoms with van der Waals surface area (Å²) in [6, 6.07) is 11.4. The van der Waals surface area contributed by atoms with Crippen molar-refractivity contribution in [3.63, 3.8) is 0 Å². The Hall–Kier alpha value is -4.27. The van der Waals surface area contributed by atoms with Crippen LogP contribution in [0.1, 0.15) is 39.1 Å². The topological polar surface area (TPSA) is 118 Å². The first-order valence-electron chi connectivity index (χ1n) is 10.5. The van der Waals surface area contributed by atoms with E-state index in [0.717, 1.165) is 10.9 Å². The number of anilines is 1. The normalized spacial score (nSPS) is 17.7. The fraction of sp³-hybridized carbons (Fsp3) is 0.208. The second kappa shape index (κ2) is 8.01. The lowest BCUT2D eigenvalue weighted by Gasteiger charge is -2.29. The fourth-order valence-electron chi connectivity index (χ4n) is 4.21. The number of pyridine rings is 1. The molecule has 1 atom stereocenters.